The van der Waals surface area contributed by atoms with E-state index in [2.05, 4.69) is 16.8 Å². The lowest BCUT2D eigenvalue weighted by atomic mass is 9.94. The molecule has 0 saturated heterocycles. The number of nitrogens with one attached hydrogen (secondary N) is 1. The standard InChI is InChI=1S/C12H19NOS2/c1-16(14)9-3-7-13-11-4-2-5-12-10(11)6-8-15-12/h6,8,11,13H,2-5,7,9H2,1H3. The van der Waals surface area contributed by atoms with Gasteiger partial charge in [0, 0.05) is 33.7 Å². The molecule has 2 unspecified atom stereocenters. The molecule has 0 saturated carbocycles. The average molecular weight is 257 g/mol. The highest BCUT2D eigenvalue weighted by atomic mass is 32.2. The molecule has 1 aliphatic carbocycles. The second-order valence-corrected chi connectivity index (χ2v) is 6.88. The van der Waals surface area contributed by atoms with Gasteiger partial charge in [-0.05, 0) is 49.2 Å². The summed E-state index contributed by atoms with van der Waals surface area (Å²) in [5.74, 6) is 0.816. The molecule has 0 amide bonds. The summed E-state index contributed by atoms with van der Waals surface area (Å²) in [4.78, 5) is 1.56. The molecule has 0 bridgehead atoms. The predicted molar refractivity (Wildman–Crippen MR) is 71.6 cm³/mol. The van der Waals surface area contributed by atoms with E-state index in [1.54, 1.807) is 11.1 Å². The van der Waals surface area contributed by atoms with Crippen molar-refractivity contribution in [3.63, 3.8) is 0 Å². The predicted octanol–water partition coefficient (Wildman–Crippen LogP) is 2.48. The SMILES string of the molecule is CS(=O)CCCNC1CCCc2sccc21. The molecule has 1 aliphatic rings. The molecule has 0 aliphatic heterocycles. The van der Waals surface area contributed by atoms with Crippen LogP contribution in [0.1, 0.15) is 35.7 Å². The van der Waals surface area contributed by atoms with Crippen molar-refractivity contribution in [1.82, 2.24) is 5.32 Å². The molecule has 1 aromatic rings. The van der Waals surface area contributed by atoms with E-state index in [0.717, 1.165) is 18.7 Å². The summed E-state index contributed by atoms with van der Waals surface area (Å²) < 4.78 is 10.9. The monoisotopic (exact) mass is 257 g/mol. The van der Waals surface area contributed by atoms with E-state index in [4.69, 9.17) is 0 Å². The molecule has 90 valence electrons. The van der Waals surface area contributed by atoms with Gasteiger partial charge in [0.15, 0.2) is 0 Å². The molecule has 1 heterocycles. The summed E-state index contributed by atoms with van der Waals surface area (Å²) in [5.41, 5.74) is 1.51. The van der Waals surface area contributed by atoms with Crippen molar-refractivity contribution in [1.29, 1.82) is 0 Å². The van der Waals surface area contributed by atoms with E-state index >= 15 is 0 Å². The molecule has 2 atom stereocenters. The first-order valence-corrected chi connectivity index (χ1v) is 8.47. The summed E-state index contributed by atoms with van der Waals surface area (Å²) >= 11 is 1.88. The van der Waals surface area contributed by atoms with Gasteiger partial charge in [0.2, 0.25) is 0 Å². The topological polar surface area (TPSA) is 29.1 Å². The number of thiophene rings is 1. The zero-order valence-corrected chi connectivity index (χ0v) is 11.3. The minimum absolute atomic E-state index is 0.542. The van der Waals surface area contributed by atoms with Crippen LogP contribution in [-0.4, -0.2) is 22.8 Å². The van der Waals surface area contributed by atoms with Crippen LogP contribution in [0.4, 0.5) is 0 Å². The van der Waals surface area contributed by atoms with Gasteiger partial charge < -0.3 is 5.32 Å². The van der Waals surface area contributed by atoms with Crippen LogP contribution in [0, 0.1) is 0 Å². The van der Waals surface area contributed by atoms with Crippen molar-refractivity contribution in [3.05, 3.63) is 21.9 Å². The van der Waals surface area contributed by atoms with Gasteiger partial charge in [-0.2, -0.15) is 0 Å². The highest BCUT2D eigenvalue weighted by molar-refractivity contribution is 7.84. The van der Waals surface area contributed by atoms with Crippen molar-refractivity contribution in [2.75, 3.05) is 18.6 Å². The molecule has 2 rings (SSSR count). The van der Waals surface area contributed by atoms with Gasteiger partial charge >= 0.3 is 0 Å². The van der Waals surface area contributed by atoms with Crippen LogP contribution < -0.4 is 5.32 Å². The molecule has 4 heteroatoms. The second kappa shape index (κ2) is 5.94. The highest BCUT2D eigenvalue weighted by Crippen LogP contribution is 2.32. The average Bonchev–Trinajstić information content (AvgIpc) is 2.72. The smallest absolute Gasteiger partial charge is 0.0331 e. The van der Waals surface area contributed by atoms with Crippen LogP contribution >= 0.6 is 11.3 Å². The van der Waals surface area contributed by atoms with Gasteiger partial charge in [-0.1, -0.05) is 0 Å². The van der Waals surface area contributed by atoms with Crippen LogP contribution in [0.25, 0.3) is 0 Å². The van der Waals surface area contributed by atoms with E-state index in [0.29, 0.717) is 6.04 Å². The molecule has 16 heavy (non-hydrogen) atoms. The van der Waals surface area contributed by atoms with Gasteiger partial charge in [0.1, 0.15) is 0 Å². The fourth-order valence-electron chi connectivity index (χ4n) is 2.25. The van der Waals surface area contributed by atoms with Crippen LogP contribution in [-0.2, 0) is 17.2 Å². The van der Waals surface area contributed by atoms with Crippen LogP contribution in [0.2, 0.25) is 0 Å². The number of hydrogen-bond donors (Lipinski definition) is 1. The molecule has 0 radical (unpaired) electrons. The van der Waals surface area contributed by atoms with Crippen LogP contribution in [0.3, 0.4) is 0 Å². The summed E-state index contributed by atoms with van der Waals surface area (Å²) in [6.07, 6.45) is 6.59. The lowest BCUT2D eigenvalue weighted by Crippen LogP contribution is -2.25. The highest BCUT2D eigenvalue weighted by Gasteiger charge is 2.20. The molecular weight excluding hydrogens is 238 g/mol. The van der Waals surface area contributed by atoms with Crippen LogP contribution in [0.15, 0.2) is 11.4 Å². The Kier molecular flexibility index (Phi) is 4.55. The molecule has 2 nitrogen and oxygen atoms in total. The third kappa shape index (κ3) is 3.15. The lowest BCUT2D eigenvalue weighted by molar-refractivity contribution is 0.465. The van der Waals surface area contributed by atoms with Crippen molar-refractivity contribution in [2.45, 2.75) is 31.7 Å². The normalized spacial score (nSPS) is 21.7. The zero-order valence-electron chi connectivity index (χ0n) is 9.70. The number of aryl methyl sites for hydroxylation is 1. The fourth-order valence-corrected chi connectivity index (χ4v) is 3.79. The van der Waals surface area contributed by atoms with Gasteiger partial charge in [0.05, 0.1) is 0 Å². The van der Waals surface area contributed by atoms with E-state index in [9.17, 15) is 4.21 Å². The van der Waals surface area contributed by atoms with Gasteiger partial charge in [-0.25, -0.2) is 0 Å². The van der Waals surface area contributed by atoms with E-state index in [1.165, 1.54) is 24.8 Å². The third-order valence-electron chi connectivity index (χ3n) is 3.05. The van der Waals surface area contributed by atoms with E-state index in [1.807, 2.05) is 11.3 Å². The Morgan fingerprint density at radius 3 is 3.31 bits per heavy atom. The van der Waals surface area contributed by atoms with Crippen LogP contribution in [0.5, 0.6) is 0 Å². The van der Waals surface area contributed by atoms with Gasteiger partial charge in [-0.3, -0.25) is 4.21 Å². The molecule has 0 aromatic carbocycles. The van der Waals surface area contributed by atoms with Gasteiger partial charge in [-0.15, -0.1) is 11.3 Å². The van der Waals surface area contributed by atoms with E-state index in [-0.39, 0.29) is 0 Å². The third-order valence-corrected chi connectivity index (χ3v) is 4.91. The molecule has 1 N–H and O–H groups in total. The first kappa shape index (κ1) is 12.3. The number of fused-ring (bicyclic) bond motifs is 1. The zero-order chi connectivity index (χ0) is 11.4. The summed E-state index contributed by atoms with van der Waals surface area (Å²) in [5, 5.41) is 5.79. The lowest BCUT2D eigenvalue weighted by Gasteiger charge is -2.23. The summed E-state index contributed by atoms with van der Waals surface area (Å²) in [7, 11) is -0.647. The Morgan fingerprint density at radius 2 is 2.50 bits per heavy atom. The molecule has 0 spiro atoms. The molecule has 1 aromatic heterocycles. The molecular formula is C12H19NOS2. The quantitative estimate of drug-likeness (QED) is 0.821. The van der Waals surface area contributed by atoms with Gasteiger partial charge in [0.25, 0.3) is 0 Å². The van der Waals surface area contributed by atoms with Crippen molar-refractivity contribution in [2.24, 2.45) is 0 Å². The summed E-state index contributed by atoms with van der Waals surface area (Å²) in [6, 6.07) is 2.80. The van der Waals surface area contributed by atoms with E-state index < -0.39 is 10.8 Å². The first-order valence-electron chi connectivity index (χ1n) is 5.87. The van der Waals surface area contributed by atoms with Crippen molar-refractivity contribution < 1.29 is 4.21 Å². The maximum atomic E-state index is 10.9. The fraction of sp³-hybridized carbons (Fsp3) is 0.667. The Morgan fingerprint density at radius 1 is 1.62 bits per heavy atom. The minimum atomic E-state index is -0.647. The van der Waals surface area contributed by atoms with Crippen molar-refractivity contribution >= 4 is 22.1 Å². The van der Waals surface area contributed by atoms with Crippen molar-refractivity contribution in [3.8, 4) is 0 Å². The Hall–Kier alpha value is -0.190. The molecule has 0 fully saturated rings. The maximum absolute atomic E-state index is 10.9. The summed E-state index contributed by atoms with van der Waals surface area (Å²) in [6.45, 7) is 0.986. The maximum Gasteiger partial charge on any atom is 0.0331 e. The number of hydrogen-bond acceptors (Lipinski definition) is 3. The largest absolute Gasteiger partial charge is 0.310 e. The first-order chi connectivity index (χ1) is 7.77. The number of rotatable bonds is 5. The Bertz CT molecular complexity index is 362. The minimum Gasteiger partial charge on any atom is -0.310 e. The Labute approximate surface area is 104 Å². The Balaban J connectivity index is 1.81. The second-order valence-electron chi connectivity index (χ2n) is 4.33.